The summed E-state index contributed by atoms with van der Waals surface area (Å²) < 4.78 is 33.9. The Morgan fingerprint density at radius 3 is 2.60 bits per heavy atom. The van der Waals surface area contributed by atoms with E-state index in [1.54, 1.807) is 34.4 Å². The molecule has 0 fully saturated rings. The topological polar surface area (TPSA) is 49.9 Å². The zero-order valence-corrected chi connectivity index (χ0v) is 20.8. The highest BCUT2D eigenvalue weighted by Gasteiger charge is 2.36. The Kier molecular flexibility index (Phi) is 7.21. The second-order valence-corrected chi connectivity index (χ2v) is 10.5. The van der Waals surface area contributed by atoms with Crippen molar-refractivity contribution in [3.63, 3.8) is 0 Å². The Balaban J connectivity index is 1.57. The molecule has 1 atom stereocenters. The van der Waals surface area contributed by atoms with Crippen LogP contribution in [-0.2, 0) is 11.2 Å². The molecule has 8 heteroatoms. The van der Waals surface area contributed by atoms with Crippen molar-refractivity contribution in [2.45, 2.75) is 38.8 Å². The smallest absolute Gasteiger partial charge is 0.257 e. The molecule has 5 nitrogen and oxygen atoms in total. The summed E-state index contributed by atoms with van der Waals surface area (Å²) in [7, 11) is 0. The van der Waals surface area contributed by atoms with Gasteiger partial charge < -0.3 is 14.5 Å². The van der Waals surface area contributed by atoms with E-state index in [0.717, 1.165) is 5.56 Å². The number of nitrogens with zero attached hydrogens (tertiary/aromatic N) is 2. The summed E-state index contributed by atoms with van der Waals surface area (Å²) in [6, 6.07) is 13.3. The van der Waals surface area contributed by atoms with Crippen molar-refractivity contribution < 1.29 is 23.1 Å². The molecule has 4 rings (SSSR count). The SMILES string of the molecule is CC(C)(C)N(CC(=O)N1CCc2sccc2[C@@H]1COc1cccc(F)c1)C(=O)c1ccccc1F. The first-order chi connectivity index (χ1) is 16.6. The molecule has 0 unspecified atom stereocenters. The number of ether oxygens (including phenoxy) is 1. The molecule has 0 radical (unpaired) electrons. The number of carbonyl (C=O) groups excluding carboxylic acids is 2. The van der Waals surface area contributed by atoms with Crippen LogP contribution in [0.5, 0.6) is 5.75 Å². The molecule has 2 amide bonds. The third-order valence-corrected chi connectivity index (χ3v) is 7.07. The second-order valence-electron chi connectivity index (χ2n) is 9.46. The van der Waals surface area contributed by atoms with Crippen LogP contribution in [0.15, 0.2) is 60.0 Å². The molecule has 2 aromatic carbocycles. The normalized spacial score (nSPS) is 15.5. The van der Waals surface area contributed by atoms with Crippen molar-refractivity contribution in [3.05, 3.63) is 87.6 Å². The molecule has 0 spiro atoms. The van der Waals surface area contributed by atoms with E-state index in [9.17, 15) is 18.4 Å². The Labute approximate surface area is 207 Å². The zero-order valence-electron chi connectivity index (χ0n) is 20.0. The molecule has 0 aliphatic carbocycles. The monoisotopic (exact) mass is 498 g/mol. The van der Waals surface area contributed by atoms with E-state index in [0.29, 0.717) is 18.7 Å². The van der Waals surface area contributed by atoms with Gasteiger partial charge in [-0.25, -0.2) is 8.78 Å². The molecule has 1 aliphatic heterocycles. The van der Waals surface area contributed by atoms with Crippen LogP contribution in [0.1, 0.15) is 47.6 Å². The fourth-order valence-electron chi connectivity index (χ4n) is 4.23. The van der Waals surface area contributed by atoms with Gasteiger partial charge in [0.25, 0.3) is 5.91 Å². The largest absolute Gasteiger partial charge is 0.491 e. The predicted molar refractivity (Wildman–Crippen MR) is 132 cm³/mol. The van der Waals surface area contributed by atoms with Crippen LogP contribution in [0.25, 0.3) is 0 Å². The van der Waals surface area contributed by atoms with Crippen LogP contribution in [0.2, 0.25) is 0 Å². The van der Waals surface area contributed by atoms with Gasteiger partial charge >= 0.3 is 0 Å². The first kappa shape index (κ1) is 24.9. The number of thiophene rings is 1. The molecule has 35 heavy (non-hydrogen) atoms. The second kappa shape index (κ2) is 10.2. The molecular formula is C27H28F2N2O3S. The maximum Gasteiger partial charge on any atom is 0.257 e. The van der Waals surface area contributed by atoms with Crippen LogP contribution in [0.3, 0.4) is 0 Å². The van der Waals surface area contributed by atoms with Crippen molar-refractivity contribution in [3.8, 4) is 5.75 Å². The maximum atomic E-state index is 14.4. The fourth-order valence-corrected chi connectivity index (χ4v) is 5.15. The van der Waals surface area contributed by atoms with Gasteiger partial charge in [-0.05, 0) is 68.5 Å². The van der Waals surface area contributed by atoms with Crippen molar-refractivity contribution in [2.24, 2.45) is 0 Å². The van der Waals surface area contributed by atoms with E-state index in [-0.39, 0.29) is 30.7 Å². The number of fused-ring (bicyclic) bond motifs is 1. The highest BCUT2D eigenvalue weighted by atomic mass is 32.1. The number of hydrogen-bond donors (Lipinski definition) is 0. The highest BCUT2D eigenvalue weighted by molar-refractivity contribution is 7.10. The standard InChI is InChI=1S/C27H28F2N2O3S/c1-27(2,3)31(26(33)20-9-4-5-10-22(20)29)16-25(32)30-13-11-24-21(12-14-35-24)23(30)17-34-19-8-6-7-18(28)15-19/h4-10,12,14-15,23H,11,13,16-17H2,1-3H3/t23-/m0/s1. The summed E-state index contributed by atoms with van der Waals surface area (Å²) >= 11 is 1.63. The third kappa shape index (κ3) is 5.53. The molecule has 0 saturated heterocycles. The summed E-state index contributed by atoms with van der Waals surface area (Å²) in [5.41, 5.74) is 0.208. The van der Waals surface area contributed by atoms with Crippen LogP contribution in [0.4, 0.5) is 8.78 Å². The average Bonchev–Trinajstić information content (AvgIpc) is 3.29. The lowest BCUT2D eigenvalue weighted by Crippen LogP contribution is -2.53. The highest BCUT2D eigenvalue weighted by Crippen LogP contribution is 2.34. The molecule has 2 heterocycles. The van der Waals surface area contributed by atoms with Gasteiger partial charge in [-0.1, -0.05) is 18.2 Å². The minimum absolute atomic E-state index is 0.0695. The number of benzene rings is 2. The van der Waals surface area contributed by atoms with Gasteiger partial charge in [-0.2, -0.15) is 0 Å². The summed E-state index contributed by atoms with van der Waals surface area (Å²) in [6.07, 6.45) is 0.700. The van der Waals surface area contributed by atoms with Gasteiger partial charge in [0.05, 0.1) is 11.6 Å². The van der Waals surface area contributed by atoms with E-state index in [1.165, 1.54) is 40.1 Å². The molecule has 0 N–H and O–H groups in total. The lowest BCUT2D eigenvalue weighted by molar-refractivity contribution is -0.136. The first-order valence-electron chi connectivity index (χ1n) is 11.5. The average molecular weight is 499 g/mol. The van der Waals surface area contributed by atoms with E-state index < -0.39 is 23.1 Å². The quantitative estimate of drug-likeness (QED) is 0.453. The lowest BCUT2D eigenvalue weighted by Gasteiger charge is -2.40. The summed E-state index contributed by atoms with van der Waals surface area (Å²) in [6.45, 7) is 5.86. The number of amides is 2. The predicted octanol–water partition coefficient (Wildman–Crippen LogP) is 5.47. The maximum absolute atomic E-state index is 14.4. The number of hydrogen-bond acceptors (Lipinski definition) is 4. The van der Waals surface area contributed by atoms with Crippen molar-refractivity contribution in [1.29, 1.82) is 0 Å². The minimum Gasteiger partial charge on any atom is -0.491 e. The minimum atomic E-state index is -0.716. The lowest BCUT2D eigenvalue weighted by atomic mass is 9.99. The molecule has 0 saturated carbocycles. The number of carbonyl (C=O) groups is 2. The fraction of sp³-hybridized carbons (Fsp3) is 0.333. The van der Waals surface area contributed by atoms with Gasteiger partial charge in [0.1, 0.15) is 30.5 Å². The molecule has 184 valence electrons. The van der Waals surface area contributed by atoms with E-state index in [2.05, 4.69) is 0 Å². The third-order valence-electron chi connectivity index (χ3n) is 6.07. The van der Waals surface area contributed by atoms with Gasteiger partial charge in [0, 0.05) is 23.0 Å². The molecular weight excluding hydrogens is 470 g/mol. The van der Waals surface area contributed by atoms with Gasteiger partial charge in [0.2, 0.25) is 5.91 Å². The Bertz CT molecular complexity index is 1220. The van der Waals surface area contributed by atoms with Crippen molar-refractivity contribution in [2.75, 3.05) is 19.7 Å². The van der Waals surface area contributed by atoms with Crippen LogP contribution in [-0.4, -0.2) is 46.8 Å². The Morgan fingerprint density at radius 2 is 1.89 bits per heavy atom. The summed E-state index contributed by atoms with van der Waals surface area (Å²) in [5, 5.41) is 1.98. The number of halogens is 2. The molecule has 1 aliphatic rings. The van der Waals surface area contributed by atoms with Crippen LogP contribution < -0.4 is 4.74 Å². The molecule has 1 aromatic heterocycles. The first-order valence-corrected chi connectivity index (χ1v) is 12.3. The molecule has 0 bridgehead atoms. The van der Waals surface area contributed by atoms with Crippen molar-refractivity contribution in [1.82, 2.24) is 9.80 Å². The Morgan fingerprint density at radius 1 is 1.11 bits per heavy atom. The van der Waals surface area contributed by atoms with E-state index >= 15 is 0 Å². The van der Waals surface area contributed by atoms with Crippen molar-refractivity contribution >= 4 is 23.2 Å². The molecule has 3 aromatic rings. The van der Waals surface area contributed by atoms with E-state index in [1.807, 2.05) is 32.2 Å². The summed E-state index contributed by atoms with van der Waals surface area (Å²) in [5.74, 6) is -1.44. The Hall–Kier alpha value is -3.26. The van der Waals surface area contributed by atoms with Gasteiger partial charge in [0.15, 0.2) is 0 Å². The van der Waals surface area contributed by atoms with Crippen LogP contribution in [0, 0.1) is 11.6 Å². The van der Waals surface area contributed by atoms with Gasteiger partial charge in [-0.15, -0.1) is 11.3 Å². The van der Waals surface area contributed by atoms with Gasteiger partial charge in [-0.3, -0.25) is 9.59 Å². The summed E-state index contributed by atoms with van der Waals surface area (Å²) in [4.78, 5) is 31.2. The zero-order chi connectivity index (χ0) is 25.2. The van der Waals surface area contributed by atoms with Crippen LogP contribution >= 0.6 is 11.3 Å². The van der Waals surface area contributed by atoms with E-state index in [4.69, 9.17) is 4.74 Å². The number of rotatable bonds is 6.